The van der Waals surface area contributed by atoms with Gasteiger partial charge in [-0.3, -0.25) is 9.98 Å². The molecule has 1 aliphatic rings. The molecule has 0 aliphatic heterocycles. The van der Waals surface area contributed by atoms with Crippen molar-refractivity contribution in [1.29, 1.82) is 0 Å². The van der Waals surface area contributed by atoms with E-state index < -0.39 is 10.0 Å². The molecular formula is C19H25ClIN5O2S. The van der Waals surface area contributed by atoms with Crippen molar-refractivity contribution < 1.29 is 8.42 Å². The van der Waals surface area contributed by atoms with Crippen LogP contribution in [0.5, 0.6) is 0 Å². The van der Waals surface area contributed by atoms with Gasteiger partial charge in [-0.15, -0.1) is 24.0 Å². The number of hydrogen-bond acceptors (Lipinski definition) is 4. The Balaban J connectivity index is 0.00000300. The van der Waals surface area contributed by atoms with Crippen molar-refractivity contribution in [3.8, 4) is 0 Å². The first-order valence-corrected chi connectivity index (χ1v) is 10.9. The molecule has 158 valence electrons. The normalized spacial score (nSPS) is 15.3. The molecule has 3 rings (SSSR count). The van der Waals surface area contributed by atoms with Crippen molar-refractivity contribution in [1.82, 2.24) is 20.3 Å². The lowest BCUT2D eigenvalue weighted by Gasteiger charge is -2.19. The number of guanidine groups is 1. The van der Waals surface area contributed by atoms with Crippen LogP contribution in [-0.4, -0.2) is 46.0 Å². The molecule has 1 aliphatic carbocycles. The smallest absolute Gasteiger partial charge is 0.242 e. The number of rotatable bonds is 8. The number of sulfonamides is 1. The Hall–Kier alpha value is -1.43. The van der Waals surface area contributed by atoms with Crippen LogP contribution in [0, 0.1) is 0 Å². The second-order valence-corrected chi connectivity index (χ2v) is 8.93. The zero-order chi connectivity index (χ0) is 20.0. The van der Waals surface area contributed by atoms with Crippen LogP contribution in [0.15, 0.2) is 58.7 Å². The van der Waals surface area contributed by atoms with Crippen molar-refractivity contribution >= 4 is 51.6 Å². The predicted molar refractivity (Wildman–Crippen MR) is 127 cm³/mol. The van der Waals surface area contributed by atoms with E-state index in [9.17, 15) is 8.42 Å². The lowest BCUT2D eigenvalue weighted by Crippen LogP contribution is -2.44. The maximum absolute atomic E-state index is 12.2. The highest BCUT2D eigenvalue weighted by Gasteiger charge is 2.44. The Morgan fingerprint density at radius 2 is 2.00 bits per heavy atom. The summed E-state index contributed by atoms with van der Waals surface area (Å²) in [6.07, 6.45) is 5.05. The van der Waals surface area contributed by atoms with E-state index in [0.29, 0.717) is 12.5 Å². The van der Waals surface area contributed by atoms with Crippen LogP contribution in [0.25, 0.3) is 0 Å². The molecular weight excluding hydrogens is 525 g/mol. The van der Waals surface area contributed by atoms with E-state index in [1.807, 2.05) is 18.2 Å². The molecule has 1 aromatic carbocycles. The molecule has 0 bridgehead atoms. The molecule has 0 amide bonds. The first-order chi connectivity index (χ1) is 13.5. The molecule has 29 heavy (non-hydrogen) atoms. The van der Waals surface area contributed by atoms with Gasteiger partial charge in [0, 0.05) is 49.5 Å². The average molecular weight is 550 g/mol. The molecule has 0 saturated heterocycles. The molecule has 0 spiro atoms. The Kier molecular flexibility index (Phi) is 8.68. The maximum Gasteiger partial charge on any atom is 0.242 e. The van der Waals surface area contributed by atoms with Crippen LogP contribution in [0.1, 0.15) is 18.4 Å². The second kappa shape index (κ2) is 10.6. The van der Waals surface area contributed by atoms with Crippen LogP contribution < -0.4 is 15.4 Å². The van der Waals surface area contributed by atoms with Gasteiger partial charge in [-0.2, -0.15) is 0 Å². The fourth-order valence-electron chi connectivity index (χ4n) is 2.97. The summed E-state index contributed by atoms with van der Waals surface area (Å²) >= 11 is 6.12. The minimum atomic E-state index is -3.56. The van der Waals surface area contributed by atoms with Gasteiger partial charge in [-0.05, 0) is 42.7 Å². The van der Waals surface area contributed by atoms with E-state index in [1.165, 1.54) is 24.0 Å². The van der Waals surface area contributed by atoms with Crippen LogP contribution in [-0.2, 0) is 15.4 Å². The third-order valence-electron chi connectivity index (χ3n) is 4.76. The summed E-state index contributed by atoms with van der Waals surface area (Å²) in [5, 5.41) is 7.20. The maximum atomic E-state index is 12.2. The summed E-state index contributed by atoms with van der Waals surface area (Å²) in [5.41, 5.74) is 1.32. The first kappa shape index (κ1) is 23.8. The topological polar surface area (TPSA) is 95.5 Å². The van der Waals surface area contributed by atoms with Gasteiger partial charge in [-0.1, -0.05) is 23.7 Å². The summed E-state index contributed by atoms with van der Waals surface area (Å²) in [4.78, 5) is 8.18. The van der Waals surface area contributed by atoms with Gasteiger partial charge in [-0.25, -0.2) is 13.1 Å². The van der Waals surface area contributed by atoms with Crippen molar-refractivity contribution in [3.63, 3.8) is 0 Å². The molecule has 10 heteroatoms. The molecule has 2 aromatic rings. The van der Waals surface area contributed by atoms with Gasteiger partial charge in [0.25, 0.3) is 0 Å². The first-order valence-electron chi connectivity index (χ1n) is 9.05. The SMILES string of the molecule is CN=C(NCCNS(=O)(=O)c1cccnc1)NCC1(c2cccc(Cl)c2)CC1.I. The molecule has 1 aromatic heterocycles. The Morgan fingerprint density at radius 1 is 1.21 bits per heavy atom. The highest BCUT2D eigenvalue weighted by Crippen LogP contribution is 2.48. The molecule has 0 atom stereocenters. The fraction of sp³-hybridized carbons (Fsp3) is 0.368. The van der Waals surface area contributed by atoms with Gasteiger partial charge in [0.1, 0.15) is 4.90 Å². The van der Waals surface area contributed by atoms with E-state index in [2.05, 4.69) is 31.4 Å². The van der Waals surface area contributed by atoms with Gasteiger partial charge < -0.3 is 10.6 Å². The van der Waals surface area contributed by atoms with Gasteiger partial charge in [0.05, 0.1) is 0 Å². The largest absolute Gasteiger partial charge is 0.356 e. The summed E-state index contributed by atoms with van der Waals surface area (Å²) in [7, 11) is -1.87. The zero-order valence-electron chi connectivity index (χ0n) is 16.1. The van der Waals surface area contributed by atoms with Gasteiger partial charge in [0.2, 0.25) is 10.0 Å². The van der Waals surface area contributed by atoms with E-state index in [-0.39, 0.29) is 40.8 Å². The summed E-state index contributed by atoms with van der Waals surface area (Å²) in [5.74, 6) is 0.633. The number of hydrogen-bond donors (Lipinski definition) is 3. The zero-order valence-corrected chi connectivity index (χ0v) is 20.0. The number of halogens is 2. The van der Waals surface area contributed by atoms with Crippen LogP contribution in [0.3, 0.4) is 0 Å². The van der Waals surface area contributed by atoms with Crippen molar-refractivity contribution in [2.45, 2.75) is 23.2 Å². The van der Waals surface area contributed by atoms with Crippen molar-refractivity contribution in [3.05, 3.63) is 59.4 Å². The monoisotopic (exact) mass is 549 g/mol. The molecule has 1 heterocycles. The number of aromatic nitrogens is 1. The lowest BCUT2D eigenvalue weighted by atomic mass is 9.96. The molecule has 3 N–H and O–H groups in total. The van der Waals surface area contributed by atoms with Crippen LogP contribution in [0.4, 0.5) is 0 Å². The molecule has 1 fully saturated rings. The molecule has 1 saturated carbocycles. The highest BCUT2D eigenvalue weighted by molar-refractivity contribution is 14.0. The van der Waals surface area contributed by atoms with Crippen molar-refractivity contribution in [2.24, 2.45) is 4.99 Å². The van der Waals surface area contributed by atoms with Gasteiger partial charge in [0.15, 0.2) is 5.96 Å². The summed E-state index contributed by atoms with van der Waals surface area (Å²) in [6.45, 7) is 1.38. The standard InChI is InChI=1S/C19H24ClN5O2S.HI/c1-21-18(23-10-11-25-28(26,27)17-6-3-9-22-13-17)24-14-19(7-8-19)15-4-2-5-16(20)12-15;/h2-6,9,12-13,25H,7-8,10-11,14H2,1H3,(H2,21,23,24);1H. The quantitative estimate of drug-likeness (QED) is 0.204. The Bertz CT molecular complexity index is 937. The third kappa shape index (κ3) is 6.53. The number of nitrogens with zero attached hydrogens (tertiary/aromatic N) is 2. The lowest BCUT2D eigenvalue weighted by molar-refractivity contribution is 0.579. The number of aliphatic imine (C=N–C) groups is 1. The summed E-state index contributed by atoms with van der Waals surface area (Å²) in [6, 6.07) is 11.1. The Labute approximate surface area is 193 Å². The minimum absolute atomic E-state index is 0. The molecule has 7 nitrogen and oxygen atoms in total. The fourth-order valence-corrected chi connectivity index (χ4v) is 4.15. The highest BCUT2D eigenvalue weighted by atomic mass is 127. The molecule has 0 unspecified atom stereocenters. The number of nitrogens with one attached hydrogen (secondary N) is 3. The minimum Gasteiger partial charge on any atom is -0.356 e. The second-order valence-electron chi connectivity index (χ2n) is 6.73. The average Bonchev–Trinajstić information content (AvgIpc) is 3.49. The third-order valence-corrected chi connectivity index (χ3v) is 6.44. The van der Waals surface area contributed by atoms with Crippen LogP contribution in [0.2, 0.25) is 5.02 Å². The van der Waals surface area contributed by atoms with Gasteiger partial charge >= 0.3 is 0 Å². The molecule has 0 radical (unpaired) electrons. The predicted octanol–water partition coefficient (Wildman–Crippen LogP) is 2.53. The summed E-state index contributed by atoms with van der Waals surface area (Å²) < 4.78 is 26.9. The van der Waals surface area contributed by atoms with E-state index in [4.69, 9.17) is 11.6 Å². The van der Waals surface area contributed by atoms with E-state index >= 15 is 0 Å². The number of benzene rings is 1. The van der Waals surface area contributed by atoms with Crippen molar-refractivity contribution in [2.75, 3.05) is 26.7 Å². The van der Waals surface area contributed by atoms with E-state index in [1.54, 1.807) is 13.1 Å². The Morgan fingerprint density at radius 3 is 2.62 bits per heavy atom. The number of pyridine rings is 1. The van der Waals surface area contributed by atoms with Crippen LogP contribution >= 0.6 is 35.6 Å². The van der Waals surface area contributed by atoms with E-state index in [0.717, 1.165) is 24.4 Å².